The van der Waals surface area contributed by atoms with Crippen molar-refractivity contribution in [2.75, 3.05) is 5.32 Å². The monoisotopic (exact) mass is 485 g/mol. The number of unbranched alkanes of at least 4 members (excludes halogenated alkanes) is 10. The molecule has 0 spiro atoms. The first-order chi connectivity index (χ1) is 15.4. The maximum Gasteiger partial charge on any atom is 0.238 e. The number of hydrazine groups is 1. The maximum atomic E-state index is 11.9. The summed E-state index contributed by atoms with van der Waals surface area (Å²) in [6, 6.07) is 4.73. The number of benzene rings is 1. The molecular weight excluding hydrogens is 449 g/mol. The molecule has 180 valence electrons. The van der Waals surface area contributed by atoms with Crippen molar-refractivity contribution in [1.29, 1.82) is 0 Å². The summed E-state index contributed by atoms with van der Waals surface area (Å²) >= 11 is 11.8. The second kappa shape index (κ2) is 17.7. The minimum atomic E-state index is -0.422. The summed E-state index contributed by atoms with van der Waals surface area (Å²) in [7, 11) is 0. The summed E-state index contributed by atoms with van der Waals surface area (Å²) in [5.74, 6) is -0.988. The Morgan fingerprint density at radius 2 is 1.19 bits per heavy atom. The number of amides is 3. The van der Waals surface area contributed by atoms with Gasteiger partial charge in [-0.3, -0.25) is 25.2 Å². The zero-order valence-electron chi connectivity index (χ0n) is 19.1. The zero-order chi connectivity index (χ0) is 23.6. The first kappa shape index (κ1) is 28.2. The summed E-state index contributed by atoms with van der Waals surface area (Å²) in [5.41, 5.74) is 5.18. The van der Waals surface area contributed by atoms with E-state index in [2.05, 4.69) is 23.1 Å². The van der Waals surface area contributed by atoms with E-state index in [1.54, 1.807) is 12.1 Å². The summed E-state index contributed by atoms with van der Waals surface area (Å²) in [5, 5.41) is 3.42. The first-order valence-electron chi connectivity index (χ1n) is 11.7. The second-order valence-electron chi connectivity index (χ2n) is 8.05. The Balaban J connectivity index is 2.01. The van der Waals surface area contributed by atoms with E-state index < -0.39 is 5.91 Å². The van der Waals surface area contributed by atoms with Crippen molar-refractivity contribution in [3.63, 3.8) is 0 Å². The van der Waals surface area contributed by atoms with Crippen LogP contribution in [0.3, 0.4) is 0 Å². The number of carbonyl (C=O) groups is 3. The van der Waals surface area contributed by atoms with E-state index in [-0.39, 0.29) is 24.7 Å². The summed E-state index contributed by atoms with van der Waals surface area (Å²) in [4.78, 5) is 35.6. The van der Waals surface area contributed by atoms with Crippen LogP contribution in [0.2, 0.25) is 10.0 Å². The number of nitrogens with one attached hydrogen (secondary N) is 3. The van der Waals surface area contributed by atoms with Crippen LogP contribution in [0.5, 0.6) is 0 Å². The number of hydrogen-bond donors (Lipinski definition) is 3. The second-order valence-corrected chi connectivity index (χ2v) is 8.90. The van der Waals surface area contributed by atoms with Crippen LogP contribution in [-0.4, -0.2) is 17.7 Å². The van der Waals surface area contributed by atoms with Gasteiger partial charge in [-0.1, -0.05) is 94.3 Å². The fraction of sp³-hybridized carbons (Fsp3) is 0.625. The molecule has 0 aliphatic carbocycles. The summed E-state index contributed by atoms with van der Waals surface area (Å²) in [6.07, 6.45) is 13.7. The molecule has 8 heteroatoms. The van der Waals surface area contributed by atoms with Gasteiger partial charge < -0.3 is 5.32 Å². The molecule has 0 unspecified atom stereocenters. The highest BCUT2D eigenvalue weighted by molar-refractivity contribution is 6.36. The molecule has 6 nitrogen and oxygen atoms in total. The Bertz CT molecular complexity index is 714. The molecule has 0 saturated heterocycles. The molecule has 1 rings (SSSR count). The molecule has 32 heavy (non-hydrogen) atoms. The Morgan fingerprint density at radius 3 is 1.75 bits per heavy atom. The average Bonchev–Trinajstić information content (AvgIpc) is 2.76. The van der Waals surface area contributed by atoms with Crippen LogP contribution in [0.1, 0.15) is 96.8 Å². The normalized spacial score (nSPS) is 10.6. The Hall–Kier alpha value is -1.79. The minimum absolute atomic E-state index is 0.0285. The van der Waals surface area contributed by atoms with Crippen molar-refractivity contribution >= 4 is 46.6 Å². The van der Waals surface area contributed by atoms with Gasteiger partial charge in [0, 0.05) is 24.3 Å². The Kier molecular flexibility index (Phi) is 15.6. The molecule has 0 aliphatic heterocycles. The number of hydrogen-bond acceptors (Lipinski definition) is 3. The van der Waals surface area contributed by atoms with Crippen molar-refractivity contribution in [2.24, 2.45) is 0 Å². The molecule has 0 heterocycles. The number of halogens is 2. The standard InChI is InChI=1S/C24H37Cl2N3O3/c1-2-3-4-5-6-7-8-9-10-11-12-13-23(31)28-29-24(32)17-16-22(30)27-21-15-14-19(25)18-20(21)26/h14-15,18H,2-13,16-17H2,1H3,(H,27,30)(H,28,31)(H,29,32). The lowest BCUT2D eigenvalue weighted by Gasteiger charge is -2.09. The Morgan fingerprint density at radius 1 is 0.688 bits per heavy atom. The van der Waals surface area contributed by atoms with E-state index in [9.17, 15) is 14.4 Å². The lowest BCUT2D eigenvalue weighted by atomic mass is 10.1. The van der Waals surface area contributed by atoms with E-state index in [0.717, 1.165) is 19.3 Å². The van der Waals surface area contributed by atoms with Gasteiger partial charge in [-0.15, -0.1) is 0 Å². The molecule has 1 aromatic rings. The first-order valence-corrected chi connectivity index (χ1v) is 12.5. The van der Waals surface area contributed by atoms with Crippen LogP contribution in [-0.2, 0) is 14.4 Å². The predicted molar refractivity (Wildman–Crippen MR) is 132 cm³/mol. The van der Waals surface area contributed by atoms with E-state index in [1.165, 1.54) is 57.4 Å². The van der Waals surface area contributed by atoms with Gasteiger partial charge in [0.1, 0.15) is 0 Å². The van der Waals surface area contributed by atoms with E-state index >= 15 is 0 Å². The molecule has 0 saturated carbocycles. The van der Waals surface area contributed by atoms with Crippen molar-refractivity contribution in [3.8, 4) is 0 Å². The van der Waals surface area contributed by atoms with Crippen LogP contribution in [0.15, 0.2) is 18.2 Å². The highest BCUT2D eigenvalue weighted by Gasteiger charge is 2.10. The summed E-state index contributed by atoms with van der Waals surface area (Å²) < 4.78 is 0. The molecule has 0 fully saturated rings. The van der Waals surface area contributed by atoms with Gasteiger partial charge in [0.2, 0.25) is 17.7 Å². The zero-order valence-corrected chi connectivity index (χ0v) is 20.6. The molecule has 0 radical (unpaired) electrons. The summed E-state index contributed by atoms with van der Waals surface area (Å²) in [6.45, 7) is 2.23. The molecule has 0 aromatic heterocycles. The van der Waals surface area contributed by atoms with Crippen LogP contribution in [0, 0.1) is 0 Å². The van der Waals surface area contributed by atoms with E-state index in [0.29, 0.717) is 22.2 Å². The van der Waals surface area contributed by atoms with Gasteiger partial charge in [0.25, 0.3) is 0 Å². The lowest BCUT2D eigenvalue weighted by molar-refractivity contribution is -0.129. The topological polar surface area (TPSA) is 87.3 Å². The molecule has 1 aromatic carbocycles. The van der Waals surface area contributed by atoms with Crippen molar-refractivity contribution in [2.45, 2.75) is 96.8 Å². The molecule has 0 atom stereocenters. The smallest absolute Gasteiger partial charge is 0.238 e. The largest absolute Gasteiger partial charge is 0.325 e. The fourth-order valence-electron chi connectivity index (χ4n) is 3.24. The quantitative estimate of drug-likeness (QED) is 0.183. The predicted octanol–water partition coefficient (Wildman–Crippen LogP) is 6.56. The molecule has 0 bridgehead atoms. The Labute approximate surface area is 202 Å². The van der Waals surface area contributed by atoms with Crippen LogP contribution in [0.25, 0.3) is 0 Å². The third-order valence-corrected chi connectivity index (χ3v) is 5.68. The molecule has 0 aliphatic rings. The average molecular weight is 486 g/mol. The van der Waals surface area contributed by atoms with Crippen LogP contribution < -0.4 is 16.2 Å². The third-order valence-electron chi connectivity index (χ3n) is 5.13. The number of rotatable bonds is 16. The van der Waals surface area contributed by atoms with Crippen LogP contribution in [0.4, 0.5) is 5.69 Å². The van der Waals surface area contributed by atoms with Crippen molar-refractivity contribution in [1.82, 2.24) is 10.9 Å². The van der Waals surface area contributed by atoms with Gasteiger partial charge in [0.05, 0.1) is 10.7 Å². The SMILES string of the molecule is CCCCCCCCCCCCCC(=O)NNC(=O)CCC(=O)Nc1ccc(Cl)cc1Cl. The minimum Gasteiger partial charge on any atom is -0.325 e. The lowest BCUT2D eigenvalue weighted by Crippen LogP contribution is -2.41. The van der Waals surface area contributed by atoms with Crippen molar-refractivity contribution in [3.05, 3.63) is 28.2 Å². The van der Waals surface area contributed by atoms with Gasteiger partial charge in [0.15, 0.2) is 0 Å². The molecule has 3 amide bonds. The highest BCUT2D eigenvalue weighted by atomic mass is 35.5. The van der Waals surface area contributed by atoms with Gasteiger partial charge in [-0.2, -0.15) is 0 Å². The van der Waals surface area contributed by atoms with E-state index in [1.807, 2.05) is 0 Å². The molecule has 3 N–H and O–H groups in total. The van der Waals surface area contributed by atoms with Gasteiger partial charge >= 0.3 is 0 Å². The highest BCUT2D eigenvalue weighted by Crippen LogP contribution is 2.25. The van der Waals surface area contributed by atoms with Crippen molar-refractivity contribution < 1.29 is 14.4 Å². The number of anilines is 1. The van der Waals surface area contributed by atoms with Gasteiger partial charge in [-0.05, 0) is 24.6 Å². The maximum absolute atomic E-state index is 11.9. The third kappa shape index (κ3) is 14.3. The van der Waals surface area contributed by atoms with Gasteiger partial charge in [-0.25, -0.2) is 0 Å². The van der Waals surface area contributed by atoms with E-state index in [4.69, 9.17) is 23.2 Å². The fourth-order valence-corrected chi connectivity index (χ4v) is 3.70. The van der Waals surface area contributed by atoms with Crippen LogP contribution >= 0.6 is 23.2 Å². The number of carbonyl (C=O) groups excluding carboxylic acids is 3. The molecular formula is C24H37Cl2N3O3.